The van der Waals surface area contributed by atoms with Crippen LogP contribution in [0, 0.1) is 5.82 Å². The van der Waals surface area contributed by atoms with Gasteiger partial charge in [-0.15, -0.1) is 0 Å². The van der Waals surface area contributed by atoms with Crippen LogP contribution < -0.4 is 4.74 Å². The summed E-state index contributed by atoms with van der Waals surface area (Å²) in [6.07, 6.45) is -1.13. The van der Waals surface area contributed by atoms with Crippen molar-refractivity contribution in [1.82, 2.24) is 0 Å². The number of carboxylic acids is 1. The van der Waals surface area contributed by atoms with E-state index in [9.17, 15) is 9.18 Å². The number of rotatable bonds is 5. The fourth-order valence-electron chi connectivity index (χ4n) is 1.01. The maximum absolute atomic E-state index is 12.7. The molecule has 1 N–H and O–H groups in total. The van der Waals surface area contributed by atoms with Crippen LogP contribution in [0.4, 0.5) is 4.39 Å². The number of carboxylic acid groups (broad SMARTS) is 1. The summed E-state index contributed by atoms with van der Waals surface area (Å²) in [5.41, 5.74) is 0. The van der Waals surface area contributed by atoms with Crippen LogP contribution in [0.15, 0.2) is 24.3 Å². The topological polar surface area (TPSA) is 55.8 Å². The van der Waals surface area contributed by atoms with E-state index in [1.807, 2.05) is 0 Å². The quantitative estimate of drug-likeness (QED) is 0.802. The minimum Gasteiger partial charge on any atom is -0.478 e. The smallest absolute Gasteiger partial charge is 0.347 e. The first-order chi connectivity index (χ1) is 7.13. The van der Waals surface area contributed by atoms with Crippen molar-refractivity contribution in [1.29, 1.82) is 0 Å². The van der Waals surface area contributed by atoms with Gasteiger partial charge in [-0.3, -0.25) is 0 Å². The van der Waals surface area contributed by atoms with Crippen LogP contribution in [0.5, 0.6) is 5.75 Å². The van der Waals surface area contributed by atoms with Gasteiger partial charge in [0.05, 0.1) is 6.61 Å². The Balaban J connectivity index is 2.69. The summed E-state index contributed by atoms with van der Waals surface area (Å²) in [4.78, 5) is 10.7. The molecule has 1 rings (SSSR count). The molecule has 0 bridgehead atoms. The summed E-state index contributed by atoms with van der Waals surface area (Å²) in [5.74, 6) is -1.46. The van der Waals surface area contributed by atoms with Gasteiger partial charge in [-0.2, -0.15) is 0 Å². The molecular weight excluding hydrogens is 203 g/mol. The van der Waals surface area contributed by atoms with Gasteiger partial charge in [-0.05, 0) is 12.1 Å². The molecule has 1 aromatic rings. The Morgan fingerprint density at radius 3 is 2.87 bits per heavy atom. The highest BCUT2D eigenvalue weighted by atomic mass is 19.1. The Labute approximate surface area is 86.2 Å². The molecule has 4 nitrogen and oxygen atoms in total. The number of ether oxygens (including phenoxy) is 2. The molecule has 1 atom stereocenters. The third kappa shape index (κ3) is 3.55. The first-order valence-corrected chi connectivity index (χ1v) is 4.27. The highest BCUT2D eigenvalue weighted by Crippen LogP contribution is 2.14. The minimum atomic E-state index is -1.15. The molecule has 0 saturated carbocycles. The van der Waals surface area contributed by atoms with Gasteiger partial charge in [-0.25, -0.2) is 9.18 Å². The number of hydrogen-bond donors (Lipinski definition) is 1. The monoisotopic (exact) mass is 214 g/mol. The van der Waals surface area contributed by atoms with Crippen molar-refractivity contribution in [3.63, 3.8) is 0 Å². The van der Waals surface area contributed by atoms with Gasteiger partial charge >= 0.3 is 5.97 Å². The molecule has 0 amide bonds. The number of methoxy groups -OCH3 is 1. The van der Waals surface area contributed by atoms with Crippen molar-refractivity contribution in [2.24, 2.45) is 0 Å². The number of aliphatic carboxylic acids is 1. The lowest BCUT2D eigenvalue weighted by atomic mass is 10.3. The van der Waals surface area contributed by atoms with Crippen LogP contribution in [0.25, 0.3) is 0 Å². The molecule has 1 unspecified atom stereocenters. The molecule has 0 fully saturated rings. The molecule has 0 spiro atoms. The first kappa shape index (κ1) is 11.5. The van der Waals surface area contributed by atoms with Gasteiger partial charge in [0.15, 0.2) is 0 Å². The molecule has 0 aliphatic carbocycles. The van der Waals surface area contributed by atoms with Gasteiger partial charge in [0.25, 0.3) is 0 Å². The second kappa shape index (κ2) is 5.31. The summed E-state index contributed by atoms with van der Waals surface area (Å²) in [5, 5.41) is 8.74. The van der Waals surface area contributed by atoms with Crippen LogP contribution >= 0.6 is 0 Å². The molecule has 82 valence electrons. The van der Waals surface area contributed by atoms with Crippen LogP contribution in [0.2, 0.25) is 0 Å². The first-order valence-electron chi connectivity index (χ1n) is 4.27. The summed E-state index contributed by atoms with van der Waals surface area (Å²) >= 11 is 0. The lowest BCUT2D eigenvalue weighted by Crippen LogP contribution is -2.31. The van der Waals surface area contributed by atoms with Crippen molar-refractivity contribution in [2.75, 3.05) is 13.7 Å². The van der Waals surface area contributed by atoms with E-state index in [1.165, 1.54) is 25.3 Å². The van der Waals surface area contributed by atoms with Gasteiger partial charge in [0.1, 0.15) is 11.6 Å². The Hall–Kier alpha value is -1.62. The van der Waals surface area contributed by atoms with Crippen molar-refractivity contribution < 1.29 is 23.8 Å². The van der Waals surface area contributed by atoms with E-state index in [-0.39, 0.29) is 12.4 Å². The maximum atomic E-state index is 12.7. The van der Waals surface area contributed by atoms with Crippen molar-refractivity contribution >= 4 is 5.97 Å². The predicted molar refractivity (Wildman–Crippen MR) is 50.3 cm³/mol. The summed E-state index contributed by atoms with van der Waals surface area (Å²) in [6.45, 7) is -0.0914. The highest BCUT2D eigenvalue weighted by molar-refractivity contribution is 5.72. The zero-order chi connectivity index (χ0) is 11.3. The Bertz CT molecular complexity index is 340. The maximum Gasteiger partial charge on any atom is 0.347 e. The summed E-state index contributed by atoms with van der Waals surface area (Å²) in [7, 11) is 1.37. The van der Waals surface area contributed by atoms with E-state index in [4.69, 9.17) is 9.84 Å². The summed E-state index contributed by atoms with van der Waals surface area (Å²) < 4.78 is 22.4. The zero-order valence-electron chi connectivity index (χ0n) is 8.14. The van der Waals surface area contributed by atoms with Crippen molar-refractivity contribution in [3.8, 4) is 5.75 Å². The molecule has 15 heavy (non-hydrogen) atoms. The molecule has 0 aliphatic rings. The van der Waals surface area contributed by atoms with Crippen LogP contribution in [-0.2, 0) is 9.53 Å². The number of carbonyl (C=O) groups is 1. The van der Waals surface area contributed by atoms with E-state index in [1.54, 1.807) is 0 Å². The lowest BCUT2D eigenvalue weighted by Gasteiger charge is -2.13. The molecule has 0 aliphatic heterocycles. The standard InChI is InChI=1S/C10H11FO4/c1-14-6-9(10(12)13)15-8-4-2-3-7(11)5-8/h2-5,9H,6H2,1H3,(H,12,13). The molecular formula is C10H11FO4. The molecule has 0 radical (unpaired) electrons. The Kier molecular flexibility index (Phi) is 4.05. The molecule has 1 aromatic carbocycles. The predicted octanol–water partition coefficient (Wildman–Crippen LogP) is 1.30. The summed E-state index contributed by atoms with van der Waals surface area (Å²) in [6, 6.07) is 5.29. The largest absolute Gasteiger partial charge is 0.478 e. The SMILES string of the molecule is COCC(Oc1cccc(F)c1)C(=O)O. The van der Waals surface area contributed by atoms with E-state index < -0.39 is 17.9 Å². The fourth-order valence-corrected chi connectivity index (χ4v) is 1.01. The average Bonchev–Trinajstić information content (AvgIpc) is 2.17. The molecule has 0 saturated heterocycles. The molecule has 0 aromatic heterocycles. The van der Waals surface area contributed by atoms with Crippen LogP contribution in [-0.4, -0.2) is 30.9 Å². The second-order valence-electron chi connectivity index (χ2n) is 2.86. The van der Waals surface area contributed by atoms with Crippen molar-refractivity contribution in [2.45, 2.75) is 6.10 Å². The highest BCUT2D eigenvalue weighted by Gasteiger charge is 2.19. The van der Waals surface area contributed by atoms with E-state index in [2.05, 4.69) is 4.74 Å². The Morgan fingerprint density at radius 2 is 2.33 bits per heavy atom. The zero-order valence-corrected chi connectivity index (χ0v) is 8.14. The minimum absolute atomic E-state index is 0.0914. The van der Waals surface area contributed by atoms with Gasteiger partial charge < -0.3 is 14.6 Å². The average molecular weight is 214 g/mol. The van der Waals surface area contributed by atoms with Gasteiger partial charge in [-0.1, -0.05) is 6.07 Å². The number of benzene rings is 1. The fraction of sp³-hybridized carbons (Fsp3) is 0.300. The van der Waals surface area contributed by atoms with Gasteiger partial charge in [0, 0.05) is 13.2 Å². The lowest BCUT2D eigenvalue weighted by molar-refractivity contribution is -0.147. The number of halogens is 1. The third-order valence-electron chi connectivity index (χ3n) is 1.67. The van der Waals surface area contributed by atoms with Crippen molar-refractivity contribution in [3.05, 3.63) is 30.1 Å². The van der Waals surface area contributed by atoms with E-state index in [0.29, 0.717) is 0 Å². The van der Waals surface area contributed by atoms with E-state index >= 15 is 0 Å². The number of hydrogen-bond acceptors (Lipinski definition) is 3. The van der Waals surface area contributed by atoms with Gasteiger partial charge in [0.2, 0.25) is 6.10 Å². The molecule has 5 heteroatoms. The normalized spacial score (nSPS) is 12.1. The van der Waals surface area contributed by atoms with E-state index in [0.717, 1.165) is 6.07 Å². The second-order valence-corrected chi connectivity index (χ2v) is 2.86. The Morgan fingerprint density at radius 1 is 1.60 bits per heavy atom. The third-order valence-corrected chi connectivity index (χ3v) is 1.67. The van der Waals surface area contributed by atoms with Crippen LogP contribution in [0.3, 0.4) is 0 Å². The van der Waals surface area contributed by atoms with Crippen LogP contribution in [0.1, 0.15) is 0 Å². The molecule has 0 heterocycles.